The van der Waals surface area contributed by atoms with Crippen molar-refractivity contribution >= 4 is 12.4 Å². The summed E-state index contributed by atoms with van der Waals surface area (Å²) in [5, 5.41) is 3.72. The van der Waals surface area contributed by atoms with Crippen LogP contribution in [0, 0.1) is 6.92 Å². The minimum atomic E-state index is -0.0481. The fraction of sp³-hybridized carbons (Fsp3) is 0.360. The van der Waals surface area contributed by atoms with Crippen LogP contribution in [0.3, 0.4) is 0 Å². The normalized spacial score (nSPS) is 14.5. The molecule has 7 heteroatoms. The van der Waals surface area contributed by atoms with Gasteiger partial charge >= 0.3 is 0 Å². The number of hydrogen-bond acceptors (Lipinski definition) is 5. The summed E-state index contributed by atoms with van der Waals surface area (Å²) in [6, 6.07) is 12.4. The molecule has 1 aromatic heterocycles. The van der Waals surface area contributed by atoms with Crippen molar-refractivity contribution in [3.05, 3.63) is 65.0 Å². The minimum Gasteiger partial charge on any atom is -0.496 e. The van der Waals surface area contributed by atoms with Gasteiger partial charge in [-0.1, -0.05) is 0 Å². The Morgan fingerprint density at radius 1 is 0.969 bits per heavy atom. The molecular weight excluding hydrogens is 428 g/mol. The van der Waals surface area contributed by atoms with E-state index < -0.39 is 0 Å². The van der Waals surface area contributed by atoms with E-state index in [2.05, 4.69) is 46.4 Å². The molecule has 0 amide bonds. The van der Waals surface area contributed by atoms with E-state index in [0.29, 0.717) is 19.8 Å². The quantitative estimate of drug-likeness (QED) is 0.526. The Morgan fingerprint density at radius 2 is 1.69 bits per heavy atom. The number of methoxy groups -OCH3 is 2. The summed E-state index contributed by atoms with van der Waals surface area (Å²) in [5.74, 6) is 3.19. The predicted octanol–water partition coefficient (Wildman–Crippen LogP) is 5.21. The molecule has 3 aromatic rings. The molecule has 0 radical (unpaired) electrons. The topological polar surface area (TPSA) is 53.9 Å². The lowest BCUT2D eigenvalue weighted by atomic mass is 9.99. The maximum atomic E-state index is 5.88. The van der Waals surface area contributed by atoms with Crippen LogP contribution >= 0.6 is 12.4 Å². The first-order valence-corrected chi connectivity index (χ1v) is 10.7. The van der Waals surface area contributed by atoms with Crippen LogP contribution in [-0.2, 0) is 6.54 Å². The predicted molar refractivity (Wildman–Crippen MR) is 128 cm³/mol. The molecule has 2 aromatic carbocycles. The highest BCUT2D eigenvalue weighted by Gasteiger charge is 2.28. The zero-order valence-electron chi connectivity index (χ0n) is 19.2. The molecule has 32 heavy (non-hydrogen) atoms. The third-order valence-corrected chi connectivity index (χ3v) is 5.70. The fourth-order valence-corrected chi connectivity index (χ4v) is 4.34. The molecular formula is C25H31ClN2O4. The van der Waals surface area contributed by atoms with Crippen LogP contribution in [0.15, 0.2) is 42.6 Å². The van der Waals surface area contributed by atoms with E-state index in [-0.39, 0.29) is 18.4 Å². The van der Waals surface area contributed by atoms with Crippen molar-refractivity contribution in [2.45, 2.75) is 33.4 Å². The summed E-state index contributed by atoms with van der Waals surface area (Å²) in [4.78, 5) is 0. The molecule has 1 unspecified atom stereocenters. The number of fused-ring (bicyclic) bond motifs is 3. The van der Waals surface area contributed by atoms with Gasteiger partial charge in [-0.25, -0.2) is 0 Å². The van der Waals surface area contributed by atoms with Crippen LogP contribution < -0.4 is 24.3 Å². The third-order valence-electron chi connectivity index (χ3n) is 5.70. The van der Waals surface area contributed by atoms with Crippen LogP contribution in [0.5, 0.6) is 23.0 Å². The molecule has 0 spiro atoms. The number of aromatic nitrogens is 1. The molecule has 0 bridgehead atoms. The SMILES string of the molecule is CCOc1cc2c(cc1OCC)-n1cccc1C(c1ccc(OC)c(C)c1OC)NC2.Cl. The van der Waals surface area contributed by atoms with Gasteiger partial charge < -0.3 is 28.8 Å². The molecule has 2 heterocycles. The Morgan fingerprint density at radius 3 is 2.34 bits per heavy atom. The van der Waals surface area contributed by atoms with Crippen molar-refractivity contribution in [3.8, 4) is 28.7 Å². The lowest BCUT2D eigenvalue weighted by molar-refractivity contribution is 0.287. The van der Waals surface area contributed by atoms with Crippen molar-refractivity contribution in [1.29, 1.82) is 0 Å². The van der Waals surface area contributed by atoms with E-state index >= 15 is 0 Å². The molecule has 1 atom stereocenters. The molecule has 1 N–H and O–H groups in total. The van der Waals surface area contributed by atoms with Crippen LogP contribution in [0.25, 0.3) is 5.69 Å². The third kappa shape index (κ3) is 4.12. The van der Waals surface area contributed by atoms with Gasteiger partial charge in [0, 0.05) is 35.6 Å². The number of hydrogen-bond donors (Lipinski definition) is 1. The zero-order valence-corrected chi connectivity index (χ0v) is 20.0. The number of ether oxygens (including phenoxy) is 4. The Hall–Kier alpha value is -2.83. The second-order valence-electron chi connectivity index (χ2n) is 7.43. The first kappa shape index (κ1) is 23.8. The van der Waals surface area contributed by atoms with Crippen LogP contribution in [0.2, 0.25) is 0 Å². The molecule has 0 aliphatic carbocycles. The van der Waals surface area contributed by atoms with E-state index in [0.717, 1.165) is 51.1 Å². The first-order chi connectivity index (χ1) is 15.1. The lowest BCUT2D eigenvalue weighted by Gasteiger charge is -2.22. The Labute approximate surface area is 195 Å². The van der Waals surface area contributed by atoms with Gasteiger partial charge in [0.25, 0.3) is 0 Å². The van der Waals surface area contributed by atoms with Gasteiger partial charge in [-0.05, 0) is 56.7 Å². The molecule has 0 saturated carbocycles. The summed E-state index contributed by atoms with van der Waals surface area (Å²) >= 11 is 0. The van der Waals surface area contributed by atoms with Crippen molar-refractivity contribution in [2.75, 3.05) is 27.4 Å². The van der Waals surface area contributed by atoms with Crippen LogP contribution in [-0.4, -0.2) is 32.0 Å². The smallest absolute Gasteiger partial charge is 0.163 e. The van der Waals surface area contributed by atoms with Gasteiger partial charge in [0.05, 0.1) is 39.2 Å². The summed E-state index contributed by atoms with van der Waals surface area (Å²) in [7, 11) is 3.39. The lowest BCUT2D eigenvalue weighted by Crippen LogP contribution is -2.22. The number of rotatable bonds is 7. The monoisotopic (exact) mass is 458 g/mol. The molecule has 1 aliphatic rings. The Bertz CT molecular complexity index is 1080. The highest BCUT2D eigenvalue weighted by Crippen LogP contribution is 2.41. The van der Waals surface area contributed by atoms with E-state index in [4.69, 9.17) is 18.9 Å². The number of benzene rings is 2. The van der Waals surface area contributed by atoms with E-state index in [1.807, 2.05) is 26.8 Å². The number of nitrogens with zero attached hydrogens (tertiary/aromatic N) is 1. The average molecular weight is 459 g/mol. The van der Waals surface area contributed by atoms with Crippen molar-refractivity contribution in [1.82, 2.24) is 9.88 Å². The Balaban J connectivity index is 0.00000289. The molecule has 4 rings (SSSR count). The maximum absolute atomic E-state index is 5.88. The number of nitrogens with one attached hydrogen (secondary N) is 1. The second-order valence-corrected chi connectivity index (χ2v) is 7.43. The van der Waals surface area contributed by atoms with E-state index in [9.17, 15) is 0 Å². The van der Waals surface area contributed by atoms with E-state index in [1.54, 1.807) is 14.2 Å². The highest BCUT2D eigenvalue weighted by atomic mass is 35.5. The largest absolute Gasteiger partial charge is 0.496 e. The van der Waals surface area contributed by atoms with Gasteiger partial charge in [0.2, 0.25) is 0 Å². The van der Waals surface area contributed by atoms with Gasteiger partial charge in [-0.3, -0.25) is 0 Å². The summed E-state index contributed by atoms with van der Waals surface area (Å²) in [6.07, 6.45) is 2.09. The molecule has 0 saturated heterocycles. The molecule has 1 aliphatic heterocycles. The standard InChI is InChI=1S/C25H30N2O4.ClH/c1-6-30-22-13-17-15-26-24(18-10-11-21(28-4)16(3)25(18)29-5)19-9-8-12-27(19)20(17)14-23(22)31-7-2;/h8-14,24,26H,6-7,15H2,1-5H3;1H. The molecule has 172 valence electrons. The van der Waals surface area contributed by atoms with Gasteiger partial charge in [-0.2, -0.15) is 0 Å². The van der Waals surface area contributed by atoms with Crippen molar-refractivity contribution in [2.24, 2.45) is 0 Å². The first-order valence-electron chi connectivity index (χ1n) is 10.7. The fourth-order valence-electron chi connectivity index (χ4n) is 4.34. The maximum Gasteiger partial charge on any atom is 0.163 e. The number of halogens is 1. The van der Waals surface area contributed by atoms with Crippen molar-refractivity contribution < 1.29 is 18.9 Å². The minimum absolute atomic E-state index is 0. The highest BCUT2D eigenvalue weighted by molar-refractivity contribution is 5.85. The zero-order chi connectivity index (χ0) is 22.0. The van der Waals surface area contributed by atoms with Gasteiger partial charge in [0.15, 0.2) is 11.5 Å². The van der Waals surface area contributed by atoms with Crippen LogP contribution in [0.1, 0.15) is 42.3 Å². The van der Waals surface area contributed by atoms with E-state index in [1.165, 1.54) is 0 Å². The summed E-state index contributed by atoms with van der Waals surface area (Å²) < 4.78 is 25.3. The second kappa shape index (κ2) is 10.2. The Kier molecular flexibility index (Phi) is 7.59. The van der Waals surface area contributed by atoms with Crippen LogP contribution in [0.4, 0.5) is 0 Å². The summed E-state index contributed by atoms with van der Waals surface area (Å²) in [6.45, 7) is 7.85. The van der Waals surface area contributed by atoms with Gasteiger partial charge in [0.1, 0.15) is 11.5 Å². The molecule has 0 fully saturated rings. The summed E-state index contributed by atoms with van der Waals surface area (Å²) in [5.41, 5.74) is 5.43. The van der Waals surface area contributed by atoms with Gasteiger partial charge in [-0.15, -0.1) is 12.4 Å². The molecule has 6 nitrogen and oxygen atoms in total. The van der Waals surface area contributed by atoms with Crippen molar-refractivity contribution in [3.63, 3.8) is 0 Å². The average Bonchev–Trinajstić information content (AvgIpc) is 3.20.